The van der Waals surface area contributed by atoms with Gasteiger partial charge in [0.2, 0.25) is 0 Å². The molecule has 0 atom stereocenters. The summed E-state index contributed by atoms with van der Waals surface area (Å²) < 4.78 is 5.04. The molecule has 1 aromatic carbocycles. The molecule has 0 unspecified atom stereocenters. The van der Waals surface area contributed by atoms with Crippen LogP contribution in [0.4, 0.5) is 0 Å². The smallest absolute Gasteiger partial charge is 0.341 e. The maximum Gasteiger partial charge on any atom is 0.341 e. The first kappa shape index (κ1) is 13.1. The Morgan fingerprint density at radius 2 is 2.29 bits per heavy atom. The van der Waals surface area contributed by atoms with E-state index < -0.39 is 12.6 Å². The van der Waals surface area contributed by atoms with Gasteiger partial charge >= 0.3 is 5.97 Å². The van der Waals surface area contributed by atoms with Crippen molar-refractivity contribution in [2.75, 3.05) is 6.61 Å². The van der Waals surface area contributed by atoms with Crippen LogP contribution in [0.2, 0.25) is 5.02 Å². The summed E-state index contributed by atoms with van der Waals surface area (Å²) in [6.45, 7) is -0.470. The van der Waals surface area contributed by atoms with E-state index in [0.717, 1.165) is 0 Å². The molecule has 0 bridgehead atoms. The van der Waals surface area contributed by atoms with E-state index in [2.05, 4.69) is 11.8 Å². The van der Waals surface area contributed by atoms with Crippen molar-refractivity contribution >= 4 is 23.9 Å². The quantitative estimate of drug-likeness (QED) is 0.655. The minimum absolute atomic E-state index is 0.112. The summed E-state index contributed by atoms with van der Waals surface area (Å²) in [6.07, 6.45) is 0.793. The lowest BCUT2D eigenvalue weighted by Crippen LogP contribution is -2.10. The number of halogens is 1. The van der Waals surface area contributed by atoms with Crippen molar-refractivity contribution in [2.45, 2.75) is 6.42 Å². The van der Waals surface area contributed by atoms with Gasteiger partial charge in [-0.2, -0.15) is 0 Å². The molecule has 0 heterocycles. The van der Waals surface area contributed by atoms with E-state index in [1.54, 1.807) is 12.1 Å². The maximum atomic E-state index is 10.4. The second-order valence-corrected chi connectivity index (χ2v) is 3.43. The number of ether oxygens (including phenoxy) is 1. The van der Waals surface area contributed by atoms with Gasteiger partial charge in [0.15, 0.2) is 6.61 Å². The van der Waals surface area contributed by atoms with Crippen molar-refractivity contribution < 1.29 is 19.4 Å². The van der Waals surface area contributed by atoms with Gasteiger partial charge in [-0.05, 0) is 12.1 Å². The number of carbonyl (C=O) groups excluding carboxylic acids is 1. The average molecular weight is 253 g/mol. The second kappa shape index (κ2) is 6.56. The van der Waals surface area contributed by atoms with Gasteiger partial charge in [-0.25, -0.2) is 4.79 Å². The second-order valence-electron chi connectivity index (χ2n) is 3.00. The van der Waals surface area contributed by atoms with Crippen LogP contribution in [0.15, 0.2) is 18.2 Å². The summed E-state index contributed by atoms with van der Waals surface area (Å²) in [5.74, 6) is 4.52. The van der Waals surface area contributed by atoms with Crippen LogP contribution in [0.3, 0.4) is 0 Å². The number of benzene rings is 1. The van der Waals surface area contributed by atoms with Crippen LogP contribution in [-0.2, 0) is 9.59 Å². The Kier molecular flexibility index (Phi) is 5.05. The summed E-state index contributed by atoms with van der Waals surface area (Å²) in [6, 6.07) is 4.70. The number of hydrogen-bond acceptors (Lipinski definition) is 3. The normalized spacial score (nSPS) is 9.00. The van der Waals surface area contributed by atoms with E-state index in [9.17, 15) is 9.59 Å². The van der Waals surface area contributed by atoms with Crippen LogP contribution in [0.1, 0.15) is 12.0 Å². The molecule has 0 fully saturated rings. The number of carboxylic acids is 1. The average Bonchev–Trinajstić information content (AvgIpc) is 2.29. The summed E-state index contributed by atoms with van der Waals surface area (Å²) in [5, 5.41) is 8.93. The first-order valence-electron chi connectivity index (χ1n) is 4.70. The molecule has 1 N–H and O–H groups in total. The SMILES string of the molecule is O=CCC#Cc1ccc(Cl)cc1OCC(=O)O. The van der Waals surface area contributed by atoms with Gasteiger partial charge in [0, 0.05) is 11.1 Å². The Labute approximate surface area is 103 Å². The minimum atomic E-state index is -1.09. The lowest BCUT2D eigenvalue weighted by Gasteiger charge is -2.06. The summed E-state index contributed by atoms with van der Waals surface area (Å²) in [5.41, 5.74) is 0.498. The first-order valence-corrected chi connectivity index (χ1v) is 5.08. The van der Waals surface area contributed by atoms with Gasteiger partial charge in [0.25, 0.3) is 0 Å². The van der Waals surface area contributed by atoms with Crippen molar-refractivity contribution in [1.29, 1.82) is 0 Å². The Bertz CT molecular complexity index is 485. The fraction of sp³-hybridized carbons (Fsp3) is 0.167. The summed E-state index contributed by atoms with van der Waals surface area (Å²) in [7, 11) is 0. The lowest BCUT2D eigenvalue weighted by atomic mass is 10.2. The van der Waals surface area contributed by atoms with Crippen molar-refractivity contribution in [3.05, 3.63) is 28.8 Å². The van der Waals surface area contributed by atoms with Gasteiger partial charge in [-0.1, -0.05) is 23.4 Å². The molecular weight excluding hydrogens is 244 g/mol. The van der Waals surface area contributed by atoms with Crippen molar-refractivity contribution in [1.82, 2.24) is 0 Å². The Morgan fingerprint density at radius 1 is 1.53 bits per heavy atom. The zero-order valence-corrected chi connectivity index (χ0v) is 9.53. The topological polar surface area (TPSA) is 63.6 Å². The van der Waals surface area contributed by atoms with Crippen molar-refractivity contribution in [3.8, 4) is 17.6 Å². The van der Waals surface area contributed by atoms with Crippen LogP contribution < -0.4 is 4.74 Å². The molecule has 17 heavy (non-hydrogen) atoms. The van der Waals surface area contributed by atoms with Crippen LogP contribution in [-0.4, -0.2) is 24.0 Å². The molecule has 5 heteroatoms. The van der Waals surface area contributed by atoms with E-state index in [4.69, 9.17) is 21.4 Å². The molecule has 0 spiro atoms. The minimum Gasteiger partial charge on any atom is -0.481 e. The predicted molar refractivity (Wildman–Crippen MR) is 62.1 cm³/mol. The summed E-state index contributed by atoms with van der Waals surface area (Å²) in [4.78, 5) is 20.5. The third-order valence-corrected chi connectivity index (χ3v) is 1.94. The largest absolute Gasteiger partial charge is 0.481 e. The molecule has 0 aliphatic rings. The molecule has 0 saturated carbocycles. The third kappa shape index (κ3) is 4.58. The van der Waals surface area contributed by atoms with Crippen molar-refractivity contribution in [3.63, 3.8) is 0 Å². The Hall–Kier alpha value is -1.99. The van der Waals surface area contributed by atoms with Gasteiger partial charge in [-0.3, -0.25) is 0 Å². The molecule has 0 amide bonds. The Morgan fingerprint density at radius 3 is 2.94 bits per heavy atom. The highest BCUT2D eigenvalue weighted by Crippen LogP contribution is 2.22. The van der Waals surface area contributed by atoms with Gasteiger partial charge < -0.3 is 14.6 Å². The van der Waals surface area contributed by atoms with Crippen molar-refractivity contribution in [2.24, 2.45) is 0 Å². The van der Waals surface area contributed by atoms with E-state index in [0.29, 0.717) is 22.6 Å². The zero-order valence-electron chi connectivity index (χ0n) is 8.77. The molecule has 0 saturated heterocycles. The Balaban J connectivity index is 2.92. The van der Waals surface area contributed by atoms with E-state index in [-0.39, 0.29) is 6.42 Å². The monoisotopic (exact) mass is 252 g/mol. The highest BCUT2D eigenvalue weighted by molar-refractivity contribution is 6.30. The third-order valence-electron chi connectivity index (χ3n) is 1.70. The van der Waals surface area contributed by atoms with E-state index in [1.165, 1.54) is 6.07 Å². The highest BCUT2D eigenvalue weighted by atomic mass is 35.5. The summed E-state index contributed by atoms with van der Waals surface area (Å²) >= 11 is 5.76. The fourth-order valence-electron chi connectivity index (χ4n) is 1.05. The molecule has 0 aromatic heterocycles. The molecule has 4 nitrogen and oxygen atoms in total. The molecule has 1 rings (SSSR count). The fourth-order valence-corrected chi connectivity index (χ4v) is 1.21. The molecule has 88 valence electrons. The molecule has 1 aromatic rings. The molecule has 0 aliphatic heterocycles. The number of hydrogen-bond donors (Lipinski definition) is 1. The highest BCUT2D eigenvalue weighted by Gasteiger charge is 2.05. The number of rotatable bonds is 4. The van der Waals surface area contributed by atoms with E-state index in [1.807, 2.05) is 0 Å². The van der Waals surface area contributed by atoms with Gasteiger partial charge in [0.05, 0.1) is 12.0 Å². The standard InChI is InChI=1S/C12H9ClO4/c13-10-5-4-9(3-1-2-6-14)11(7-10)17-8-12(15)16/h4-7H,2,8H2,(H,15,16). The van der Waals surface area contributed by atoms with Crippen LogP contribution in [0, 0.1) is 11.8 Å². The zero-order chi connectivity index (χ0) is 12.7. The van der Waals surface area contributed by atoms with Crippen LogP contribution >= 0.6 is 11.6 Å². The van der Waals surface area contributed by atoms with Gasteiger partial charge in [-0.15, -0.1) is 0 Å². The number of carbonyl (C=O) groups is 2. The van der Waals surface area contributed by atoms with E-state index >= 15 is 0 Å². The van der Waals surface area contributed by atoms with Crippen LogP contribution in [0.5, 0.6) is 5.75 Å². The molecule has 0 aliphatic carbocycles. The first-order chi connectivity index (χ1) is 8.13. The number of aldehydes is 1. The van der Waals surface area contributed by atoms with Gasteiger partial charge in [0.1, 0.15) is 12.0 Å². The number of aliphatic carboxylic acids is 1. The number of carboxylic acid groups (broad SMARTS) is 1. The van der Waals surface area contributed by atoms with Crippen LogP contribution in [0.25, 0.3) is 0 Å². The maximum absolute atomic E-state index is 10.4. The predicted octanol–water partition coefficient (Wildman–Crippen LogP) is 1.74. The lowest BCUT2D eigenvalue weighted by molar-refractivity contribution is -0.139. The molecular formula is C12H9ClO4. The molecule has 0 radical (unpaired) electrons.